The third-order valence-corrected chi connectivity index (χ3v) is 4.69. The predicted molar refractivity (Wildman–Crippen MR) is 80.4 cm³/mol. The molecule has 18 heavy (non-hydrogen) atoms. The van der Waals surface area contributed by atoms with Crippen LogP contribution in [0.1, 0.15) is 66.2 Å². The van der Waals surface area contributed by atoms with Crippen LogP contribution < -0.4 is 5.32 Å². The summed E-state index contributed by atoms with van der Waals surface area (Å²) < 4.78 is 0. The van der Waals surface area contributed by atoms with Gasteiger partial charge in [0, 0.05) is 12.5 Å². The second kappa shape index (κ2) is 7.19. The summed E-state index contributed by atoms with van der Waals surface area (Å²) in [5, 5.41) is 3.78. The normalized spacial score (nSPS) is 28.9. The zero-order valence-corrected chi connectivity index (χ0v) is 12.8. The van der Waals surface area contributed by atoms with E-state index in [0.29, 0.717) is 11.5 Å². The lowest BCUT2D eigenvalue weighted by Crippen LogP contribution is -2.47. The molecule has 0 aromatic carbocycles. The van der Waals surface area contributed by atoms with Crippen molar-refractivity contribution < 1.29 is 0 Å². The molecule has 0 radical (unpaired) electrons. The molecule has 0 aromatic rings. The van der Waals surface area contributed by atoms with E-state index in [1.165, 1.54) is 25.7 Å². The third-order valence-electron chi connectivity index (χ3n) is 4.69. The number of rotatable bonds is 6. The van der Waals surface area contributed by atoms with Gasteiger partial charge in [0.25, 0.3) is 0 Å². The van der Waals surface area contributed by atoms with Crippen molar-refractivity contribution in [1.82, 2.24) is 5.32 Å². The second-order valence-electron chi connectivity index (χ2n) is 6.78. The summed E-state index contributed by atoms with van der Waals surface area (Å²) in [6.07, 6.45) is 12.8. The van der Waals surface area contributed by atoms with Gasteiger partial charge in [-0.2, -0.15) is 0 Å². The van der Waals surface area contributed by atoms with Crippen LogP contribution in [-0.4, -0.2) is 12.6 Å². The SMILES string of the molecule is C#CCCC(C)(C)C1CCC(C)CC1NCCC. The van der Waals surface area contributed by atoms with Crippen molar-refractivity contribution in [3.8, 4) is 12.3 Å². The minimum Gasteiger partial charge on any atom is -0.314 e. The summed E-state index contributed by atoms with van der Waals surface area (Å²) in [5.74, 6) is 4.47. The highest BCUT2D eigenvalue weighted by molar-refractivity contribution is 4.94. The van der Waals surface area contributed by atoms with E-state index in [-0.39, 0.29) is 0 Å². The van der Waals surface area contributed by atoms with Crippen LogP contribution in [-0.2, 0) is 0 Å². The first-order chi connectivity index (χ1) is 8.51. The van der Waals surface area contributed by atoms with E-state index >= 15 is 0 Å². The Balaban J connectivity index is 2.66. The minimum atomic E-state index is 0.373. The Morgan fingerprint density at radius 1 is 1.33 bits per heavy atom. The summed E-state index contributed by atoms with van der Waals surface area (Å²) in [5.41, 5.74) is 0.373. The molecule has 1 fully saturated rings. The second-order valence-corrected chi connectivity index (χ2v) is 6.78. The average molecular weight is 249 g/mol. The number of hydrogen-bond donors (Lipinski definition) is 1. The molecule has 0 heterocycles. The van der Waals surface area contributed by atoms with Gasteiger partial charge in [-0.05, 0) is 49.5 Å². The molecule has 1 N–H and O–H groups in total. The lowest BCUT2D eigenvalue weighted by molar-refractivity contribution is 0.0880. The number of nitrogens with one attached hydrogen (secondary N) is 1. The standard InChI is InChI=1S/C17H31N/c1-6-8-11-17(4,5)15-10-9-14(3)13-16(15)18-12-7-2/h1,14-16,18H,7-13H2,2-5H3. The van der Waals surface area contributed by atoms with Crippen LogP contribution in [0.2, 0.25) is 0 Å². The van der Waals surface area contributed by atoms with Gasteiger partial charge in [-0.25, -0.2) is 0 Å². The maximum Gasteiger partial charge on any atom is 0.0103 e. The van der Waals surface area contributed by atoms with Crippen LogP contribution in [0.3, 0.4) is 0 Å². The molecule has 1 aliphatic carbocycles. The van der Waals surface area contributed by atoms with Gasteiger partial charge in [0.05, 0.1) is 0 Å². The molecule has 1 heteroatoms. The summed E-state index contributed by atoms with van der Waals surface area (Å²) in [6, 6.07) is 0.696. The van der Waals surface area contributed by atoms with Crippen molar-refractivity contribution in [3.63, 3.8) is 0 Å². The van der Waals surface area contributed by atoms with E-state index < -0.39 is 0 Å². The molecule has 3 atom stereocenters. The average Bonchev–Trinajstić information content (AvgIpc) is 2.33. The quantitative estimate of drug-likeness (QED) is 0.695. The van der Waals surface area contributed by atoms with Gasteiger partial charge in [-0.15, -0.1) is 12.3 Å². The number of terminal acetylenes is 1. The van der Waals surface area contributed by atoms with Gasteiger partial charge in [-0.1, -0.05) is 34.1 Å². The molecule has 0 bridgehead atoms. The van der Waals surface area contributed by atoms with Crippen LogP contribution >= 0.6 is 0 Å². The molecule has 0 aliphatic heterocycles. The van der Waals surface area contributed by atoms with E-state index in [4.69, 9.17) is 6.42 Å². The Hall–Kier alpha value is -0.480. The van der Waals surface area contributed by atoms with Gasteiger partial charge in [0.1, 0.15) is 0 Å². The van der Waals surface area contributed by atoms with Crippen LogP contribution in [0.4, 0.5) is 0 Å². The topological polar surface area (TPSA) is 12.0 Å². The first kappa shape index (κ1) is 15.6. The van der Waals surface area contributed by atoms with Crippen LogP contribution in [0.25, 0.3) is 0 Å². The molecule has 3 unspecified atom stereocenters. The number of hydrogen-bond acceptors (Lipinski definition) is 1. The van der Waals surface area contributed by atoms with E-state index in [2.05, 4.69) is 38.9 Å². The maximum atomic E-state index is 5.44. The van der Waals surface area contributed by atoms with Gasteiger partial charge in [0.15, 0.2) is 0 Å². The Kier molecular flexibility index (Phi) is 6.22. The predicted octanol–water partition coefficient (Wildman–Crippen LogP) is 4.23. The molecule has 0 amide bonds. The van der Waals surface area contributed by atoms with E-state index in [1.54, 1.807) is 0 Å². The van der Waals surface area contributed by atoms with Crippen molar-refractivity contribution in [2.45, 2.75) is 72.3 Å². The smallest absolute Gasteiger partial charge is 0.0103 e. The van der Waals surface area contributed by atoms with Gasteiger partial charge in [-0.3, -0.25) is 0 Å². The summed E-state index contributed by atoms with van der Waals surface area (Å²) >= 11 is 0. The Labute approximate surface area is 114 Å². The summed E-state index contributed by atoms with van der Waals surface area (Å²) in [7, 11) is 0. The van der Waals surface area contributed by atoms with Gasteiger partial charge in [0.2, 0.25) is 0 Å². The lowest BCUT2D eigenvalue weighted by Gasteiger charge is -2.44. The maximum absolute atomic E-state index is 5.44. The van der Waals surface area contributed by atoms with Crippen molar-refractivity contribution in [1.29, 1.82) is 0 Å². The summed E-state index contributed by atoms with van der Waals surface area (Å²) in [4.78, 5) is 0. The Morgan fingerprint density at radius 2 is 2.06 bits per heavy atom. The molecule has 104 valence electrons. The molecular weight excluding hydrogens is 218 g/mol. The zero-order chi connectivity index (χ0) is 13.6. The summed E-state index contributed by atoms with van der Waals surface area (Å²) in [6.45, 7) is 10.6. The van der Waals surface area contributed by atoms with E-state index in [0.717, 1.165) is 31.2 Å². The molecule has 1 nitrogen and oxygen atoms in total. The first-order valence-electron chi connectivity index (χ1n) is 7.68. The molecule has 0 spiro atoms. The Bertz CT molecular complexity index is 274. The Morgan fingerprint density at radius 3 is 2.67 bits per heavy atom. The minimum absolute atomic E-state index is 0.373. The highest BCUT2D eigenvalue weighted by Crippen LogP contribution is 2.42. The van der Waals surface area contributed by atoms with Crippen LogP contribution in [0.5, 0.6) is 0 Å². The third kappa shape index (κ3) is 4.32. The van der Waals surface area contributed by atoms with Gasteiger partial charge >= 0.3 is 0 Å². The highest BCUT2D eigenvalue weighted by atomic mass is 14.9. The lowest BCUT2D eigenvalue weighted by atomic mass is 9.64. The van der Waals surface area contributed by atoms with Crippen molar-refractivity contribution >= 4 is 0 Å². The highest BCUT2D eigenvalue weighted by Gasteiger charge is 2.38. The van der Waals surface area contributed by atoms with Crippen LogP contribution in [0, 0.1) is 29.6 Å². The fourth-order valence-corrected chi connectivity index (χ4v) is 3.45. The van der Waals surface area contributed by atoms with Crippen molar-refractivity contribution in [3.05, 3.63) is 0 Å². The largest absolute Gasteiger partial charge is 0.314 e. The van der Waals surface area contributed by atoms with E-state index in [1.807, 2.05) is 0 Å². The van der Waals surface area contributed by atoms with Crippen molar-refractivity contribution in [2.24, 2.45) is 17.3 Å². The molecular formula is C17H31N. The van der Waals surface area contributed by atoms with Crippen LogP contribution in [0.15, 0.2) is 0 Å². The van der Waals surface area contributed by atoms with Crippen molar-refractivity contribution in [2.75, 3.05) is 6.54 Å². The fourth-order valence-electron chi connectivity index (χ4n) is 3.45. The fraction of sp³-hybridized carbons (Fsp3) is 0.882. The van der Waals surface area contributed by atoms with Gasteiger partial charge < -0.3 is 5.32 Å². The van der Waals surface area contributed by atoms with E-state index in [9.17, 15) is 0 Å². The molecule has 1 rings (SSSR count). The first-order valence-corrected chi connectivity index (χ1v) is 7.68. The molecule has 0 aromatic heterocycles. The molecule has 1 saturated carbocycles. The monoisotopic (exact) mass is 249 g/mol. The molecule has 1 aliphatic rings. The molecule has 0 saturated heterocycles. The zero-order valence-electron chi connectivity index (χ0n) is 12.8.